The molecule has 0 amide bonds. The van der Waals surface area contributed by atoms with Gasteiger partial charge in [-0.05, 0) is 24.6 Å². The van der Waals surface area contributed by atoms with Gasteiger partial charge in [0.1, 0.15) is 0 Å². The van der Waals surface area contributed by atoms with Crippen molar-refractivity contribution in [1.29, 1.82) is 0 Å². The molecule has 0 spiro atoms. The van der Waals surface area contributed by atoms with Crippen LogP contribution in [0.4, 0.5) is 5.69 Å². The van der Waals surface area contributed by atoms with Gasteiger partial charge < -0.3 is 11.5 Å². The van der Waals surface area contributed by atoms with E-state index in [4.69, 9.17) is 11.5 Å². The average molecular weight is 135 g/mol. The second-order valence-corrected chi connectivity index (χ2v) is 2.41. The Labute approximate surface area is 60.8 Å². The number of benzene rings is 1. The first-order valence-electron chi connectivity index (χ1n) is 3.27. The van der Waals surface area contributed by atoms with Crippen LogP contribution in [0.1, 0.15) is 18.5 Å². The van der Waals surface area contributed by atoms with E-state index in [1.807, 2.05) is 19.1 Å². The van der Waals surface area contributed by atoms with Crippen molar-refractivity contribution in [3.05, 3.63) is 29.8 Å². The number of hydrogen-bond acceptors (Lipinski definition) is 1. The zero-order valence-electron chi connectivity index (χ0n) is 5.96. The van der Waals surface area contributed by atoms with Gasteiger partial charge in [0.15, 0.2) is 0 Å². The number of nitrogens with two attached hydrogens (primary N) is 1. The third-order valence-corrected chi connectivity index (χ3v) is 1.41. The predicted octanol–water partition coefficient (Wildman–Crippen LogP) is 1.62. The maximum absolute atomic E-state index is 7.27. The summed E-state index contributed by atoms with van der Waals surface area (Å²) < 4.78 is 0. The Balaban J connectivity index is 2.96. The summed E-state index contributed by atoms with van der Waals surface area (Å²) in [6.45, 7) is 1.91. The molecular weight excluding hydrogens is 124 g/mol. The molecular formula is C8H11N2. The monoisotopic (exact) mass is 135 g/mol. The summed E-state index contributed by atoms with van der Waals surface area (Å²) in [5, 5.41) is 0. The van der Waals surface area contributed by atoms with Crippen molar-refractivity contribution in [2.75, 3.05) is 0 Å². The van der Waals surface area contributed by atoms with Gasteiger partial charge in [-0.3, -0.25) is 0 Å². The van der Waals surface area contributed by atoms with Gasteiger partial charge in [-0.1, -0.05) is 12.1 Å². The van der Waals surface area contributed by atoms with E-state index in [0.717, 1.165) is 5.56 Å². The fourth-order valence-corrected chi connectivity index (χ4v) is 0.822. The van der Waals surface area contributed by atoms with Crippen LogP contribution in [0.25, 0.3) is 0 Å². The maximum Gasteiger partial charge on any atom is 0.0543 e. The summed E-state index contributed by atoms with van der Waals surface area (Å²) in [6, 6.07) is 7.34. The summed E-state index contributed by atoms with van der Waals surface area (Å²) in [5.41, 5.74) is 14.4. The molecule has 2 heteroatoms. The van der Waals surface area contributed by atoms with Gasteiger partial charge in [-0.15, -0.1) is 0 Å². The van der Waals surface area contributed by atoms with Crippen molar-refractivity contribution < 1.29 is 0 Å². The number of hydrogen-bond donors (Lipinski definition) is 1. The minimum atomic E-state index is 0.0327. The van der Waals surface area contributed by atoms with Gasteiger partial charge in [0.2, 0.25) is 0 Å². The Morgan fingerprint density at radius 3 is 2.60 bits per heavy atom. The average Bonchev–Trinajstić information content (AvgIpc) is 1.88. The lowest BCUT2D eigenvalue weighted by Crippen LogP contribution is -2.04. The molecule has 1 atom stereocenters. The van der Waals surface area contributed by atoms with Crippen LogP contribution < -0.4 is 11.5 Å². The van der Waals surface area contributed by atoms with Crippen LogP contribution in [-0.4, -0.2) is 0 Å². The smallest absolute Gasteiger partial charge is 0.0543 e. The first-order valence-corrected chi connectivity index (χ1v) is 3.27. The molecule has 2 nitrogen and oxygen atoms in total. The molecule has 0 bridgehead atoms. The highest BCUT2D eigenvalue weighted by atomic mass is 14.6. The summed E-state index contributed by atoms with van der Waals surface area (Å²) in [5.74, 6) is 0. The Kier molecular flexibility index (Phi) is 1.92. The lowest BCUT2D eigenvalue weighted by atomic mass is 10.1. The Hall–Kier alpha value is -1.02. The molecule has 0 aliphatic carbocycles. The van der Waals surface area contributed by atoms with Crippen LogP contribution >= 0.6 is 0 Å². The topological polar surface area (TPSA) is 49.8 Å². The van der Waals surface area contributed by atoms with Gasteiger partial charge in [-0.2, -0.15) is 0 Å². The van der Waals surface area contributed by atoms with Gasteiger partial charge in [0.05, 0.1) is 5.69 Å². The quantitative estimate of drug-likeness (QED) is 0.625. The summed E-state index contributed by atoms with van der Waals surface area (Å²) in [4.78, 5) is 0. The molecule has 1 unspecified atom stereocenters. The molecule has 1 aromatic rings. The molecule has 1 radical (unpaired) electrons. The third kappa shape index (κ3) is 1.48. The zero-order chi connectivity index (χ0) is 7.56. The molecule has 3 N–H and O–H groups in total. The molecule has 0 aliphatic rings. The van der Waals surface area contributed by atoms with E-state index in [0.29, 0.717) is 5.69 Å². The third-order valence-electron chi connectivity index (χ3n) is 1.41. The van der Waals surface area contributed by atoms with Crippen molar-refractivity contribution in [2.24, 2.45) is 5.73 Å². The fourth-order valence-electron chi connectivity index (χ4n) is 0.822. The van der Waals surface area contributed by atoms with E-state index >= 15 is 0 Å². The highest BCUT2D eigenvalue weighted by Crippen LogP contribution is 2.13. The van der Waals surface area contributed by atoms with E-state index in [2.05, 4.69) is 0 Å². The van der Waals surface area contributed by atoms with Crippen LogP contribution in [0.2, 0.25) is 0 Å². The molecule has 0 saturated carbocycles. The summed E-state index contributed by atoms with van der Waals surface area (Å²) >= 11 is 0. The maximum atomic E-state index is 7.27. The van der Waals surface area contributed by atoms with Crippen molar-refractivity contribution in [2.45, 2.75) is 13.0 Å². The summed E-state index contributed by atoms with van der Waals surface area (Å²) in [7, 11) is 0. The first-order chi connectivity index (χ1) is 4.70. The van der Waals surface area contributed by atoms with E-state index in [1.165, 1.54) is 0 Å². The lowest BCUT2D eigenvalue weighted by molar-refractivity contribution is 0.818. The Morgan fingerprint density at radius 2 is 2.20 bits per heavy atom. The molecule has 0 aliphatic heterocycles. The first kappa shape index (κ1) is 7.09. The van der Waals surface area contributed by atoms with Crippen molar-refractivity contribution in [3.63, 3.8) is 0 Å². The van der Waals surface area contributed by atoms with Crippen LogP contribution in [0, 0.1) is 0 Å². The Morgan fingerprint density at radius 1 is 1.50 bits per heavy atom. The molecule has 0 heterocycles. The number of rotatable bonds is 1. The summed E-state index contributed by atoms with van der Waals surface area (Å²) in [6.07, 6.45) is 0. The van der Waals surface area contributed by atoms with E-state index in [1.54, 1.807) is 12.1 Å². The molecule has 0 aromatic heterocycles. The minimum Gasteiger partial charge on any atom is -0.324 e. The number of nitrogens with one attached hydrogen (secondary N) is 1. The zero-order valence-corrected chi connectivity index (χ0v) is 5.96. The van der Waals surface area contributed by atoms with Crippen molar-refractivity contribution in [3.8, 4) is 0 Å². The van der Waals surface area contributed by atoms with E-state index < -0.39 is 0 Å². The van der Waals surface area contributed by atoms with Crippen LogP contribution in [0.15, 0.2) is 24.3 Å². The van der Waals surface area contributed by atoms with E-state index in [9.17, 15) is 0 Å². The van der Waals surface area contributed by atoms with Crippen LogP contribution in [-0.2, 0) is 0 Å². The van der Waals surface area contributed by atoms with Gasteiger partial charge >= 0.3 is 0 Å². The molecule has 0 saturated heterocycles. The molecule has 53 valence electrons. The largest absolute Gasteiger partial charge is 0.324 e. The standard InChI is InChI=1S/C8H11N2/c1-6(9)7-3-2-4-8(10)5-7/h2-6,10H,9H2,1H3. The predicted molar refractivity (Wildman–Crippen MR) is 41.8 cm³/mol. The Bertz CT molecular complexity index is 218. The van der Waals surface area contributed by atoms with Gasteiger partial charge in [0.25, 0.3) is 0 Å². The van der Waals surface area contributed by atoms with Gasteiger partial charge in [0, 0.05) is 6.04 Å². The second kappa shape index (κ2) is 2.71. The van der Waals surface area contributed by atoms with Crippen molar-refractivity contribution >= 4 is 5.69 Å². The lowest BCUT2D eigenvalue weighted by Gasteiger charge is -2.04. The normalized spacial score (nSPS) is 13.0. The van der Waals surface area contributed by atoms with Crippen LogP contribution in [0.5, 0.6) is 0 Å². The highest BCUT2D eigenvalue weighted by Gasteiger charge is 1.97. The highest BCUT2D eigenvalue weighted by molar-refractivity contribution is 5.38. The SMILES string of the molecule is CC(N)c1cccc([NH])c1. The molecule has 1 aromatic carbocycles. The van der Waals surface area contributed by atoms with Crippen LogP contribution in [0.3, 0.4) is 0 Å². The molecule has 10 heavy (non-hydrogen) atoms. The fraction of sp³-hybridized carbons (Fsp3) is 0.250. The molecule has 0 fully saturated rings. The molecule has 1 rings (SSSR count). The van der Waals surface area contributed by atoms with E-state index in [-0.39, 0.29) is 6.04 Å². The minimum absolute atomic E-state index is 0.0327. The second-order valence-electron chi connectivity index (χ2n) is 2.41. The van der Waals surface area contributed by atoms with Gasteiger partial charge in [-0.25, -0.2) is 0 Å². The van der Waals surface area contributed by atoms with Crippen molar-refractivity contribution in [1.82, 2.24) is 5.73 Å².